The van der Waals surface area contributed by atoms with Crippen LogP contribution in [-0.4, -0.2) is 15.0 Å². The SMILES string of the molecule is [2H]c1c([2H])c(-c2ccccc2)c2c(oc3c([2H])c(-c4nc(-c5ccc(-c6ccccc6)cc5)nc(-c5ccc6oc7ccccc7c6c5)n4)c([2H])c([2H])c32)c1[2H]. The predicted octanol–water partition coefficient (Wildman–Crippen LogP) is 12.0. The molecule has 50 heavy (non-hydrogen) atoms. The zero-order chi connectivity index (χ0) is 38.2. The molecular weight excluding hydrogens is 615 g/mol. The molecule has 0 saturated carbocycles. The average molecular weight is 648 g/mol. The summed E-state index contributed by atoms with van der Waals surface area (Å²) in [5.74, 6) is 0.586. The van der Waals surface area contributed by atoms with Crippen molar-refractivity contribution >= 4 is 43.9 Å². The van der Waals surface area contributed by atoms with Gasteiger partial charge in [-0.05, 0) is 64.6 Å². The van der Waals surface area contributed by atoms with Crippen LogP contribution in [0, 0.1) is 0 Å². The van der Waals surface area contributed by atoms with Crippen LogP contribution in [0.15, 0.2) is 172 Å². The highest BCUT2D eigenvalue weighted by atomic mass is 16.3. The minimum Gasteiger partial charge on any atom is -0.456 e. The first kappa shape index (κ1) is 22.7. The van der Waals surface area contributed by atoms with Crippen LogP contribution in [-0.2, 0) is 0 Å². The normalized spacial score (nSPS) is 13.3. The summed E-state index contributed by atoms with van der Waals surface area (Å²) in [5.41, 5.74) is 5.58. The molecule has 0 saturated heterocycles. The molecule has 5 nitrogen and oxygen atoms in total. The fourth-order valence-corrected chi connectivity index (χ4v) is 6.43. The number of aromatic nitrogens is 3. The van der Waals surface area contributed by atoms with Crippen molar-refractivity contribution < 1.29 is 17.1 Å². The van der Waals surface area contributed by atoms with Crippen LogP contribution in [0.2, 0.25) is 0 Å². The van der Waals surface area contributed by atoms with Gasteiger partial charge >= 0.3 is 0 Å². The largest absolute Gasteiger partial charge is 0.456 e. The summed E-state index contributed by atoms with van der Waals surface area (Å²) in [6.45, 7) is 0. The lowest BCUT2D eigenvalue weighted by Gasteiger charge is -2.09. The zero-order valence-electron chi connectivity index (χ0n) is 32.3. The molecule has 0 aliphatic rings. The molecule has 234 valence electrons. The number of benzene rings is 7. The highest BCUT2D eigenvalue weighted by Crippen LogP contribution is 2.39. The Bertz CT molecular complexity index is 3200. The summed E-state index contributed by atoms with van der Waals surface area (Å²) < 4.78 is 66.6. The van der Waals surface area contributed by atoms with Crippen molar-refractivity contribution in [3.8, 4) is 56.4 Å². The van der Waals surface area contributed by atoms with Gasteiger partial charge in [0.2, 0.25) is 0 Å². The van der Waals surface area contributed by atoms with Gasteiger partial charge in [-0.1, -0.05) is 121 Å². The zero-order valence-corrected chi connectivity index (χ0v) is 26.3. The second-order valence-corrected chi connectivity index (χ2v) is 11.9. The number of nitrogens with zero attached hydrogens (tertiary/aromatic N) is 3. The Kier molecular flexibility index (Phi) is 5.17. The Morgan fingerprint density at radius 2 is 1.00 bits per heavy atom. The number of para-hydroxylation sites is 1. The lowest BCUT2D eigenvalue weighted by Crippen LogP contribution is -2.00. The van der Waals surface area contributed by atoms with E-state index in [4.69, 9.17) is 27.9 Å². The van der Waals surface area contributed by atoms with Gasteiger partial charge in [0.25, 0.3) is 0 Å². The molecule has 0 N–H and O–H groups in total. The summed E-state index contributed by atoms with van der Waals surface area (Å²) in [6.07, 6.45) is 0. The fourth-order valence-electron chi connectivity index (χ4n) is 6.43. The van der Waals surface area contributed by atoms with E-state index in [0.29, 0.717) is 33.7 Å². The van der Waals surface area contributed by atoms with E-state index in [1.807, 2.05) is 103 Å². The average Bonchev–Trinajstić information content (AvgIpc) is 3.82. The van der Waals surface area contributed by atoms with E-state index in [9.17, 15) is 4.11 Å². The Morgan fingerprint density at radius 1 is 0.400 bits per heavy atom. The highest BCUT2D eigenvalue weighted by Gasteiger charge is 2.17. The smallest absolute Gasteiger partial charge is 0.164 e. The molecule has 0 amide bonds. The van der Waals surface area contributed by atoms with Gasteiger partial charge in [0.05, 0.1) is 8.22 Å². The van der Waals surface area contributed by atoms with Crippen molar-refractivity contribution in [1.29, 1.82) is 0 Å². The van der Waals surface area contributed by atoms with Crippen molar-refractivity contribution in [3.63, 3.8) is 0 Å². The molecule has 0 radical (unpaired) electrons. The van der Waals surface area contributed by atoms with Gasteiger partial charge in [-0.25, -0.2) is 15.0 Å². The summed E-state index contributed by atoms with van der Waals surface area (Å²) in [7, 11) is 0. The molecule has 10 aromatic rings. The maximum absolute atomic E-state index is 9.49. The molecule has 5 heteroatoms. The molecule has 0 fully saturated rings. The molecule has 0 aliphatic heterocycles. The topological polar surface area (TPSA) is 65.0 Å². The van der Waals surface area contributed by atoms with Crippen LogP contribution in [0.1, 0.15) is 8.22 Å². The molecule has 10 rings (SSSR count). The quantitative estimate of drug-likeness (QED) is 0.186. The second kappa shape index (κ2) is 11.4. The molecule has 0 bridgehead atoms. The number of hydrogen-bond donors (Lipinski definition) is 0. The van der Waals surface area contributed by atoms with Crippen LogP contribution in [0.25, 0.3) is 100 Å². The highest BCUT2D eigenvalue weighted by molar-refractivity contribution is 6.13. The van der Waals surface area contributed by atoms with Gasteiger partial charge in [-0.15, -0.1) is 0 Å². The minimum atomic E-state index is -0.341. The first-order valence-corrected chi connectivity index (χ1v) is 16.1. The predicted molar refractivity (Wildman–Crippen MR) is 202 cm³/mol. The van der Waals surface area contributed by atoms with E-state index in [2.05, 4.69) is 0 Å². The fraction of sp³-hybridized carbons (Fsp3) is 0. The molecule has 7 aromatic carbocycles. The van der Waals surface area contributed by atoms with Crippen LogP contribution < -0.4 is 0 Å². The lowest BCUT2D eigenvalue weighted by atomic mass is 9.99. The summed E-state index contributed by atoms with van der Waals surface area (Å²) in [5, 5.41) is 2.16. The maximum Gasteiger partial charge on any atom is 0.164 e. The third kappa shape index (κ3) is 4.75. The minimum absolute atomic E-state index is 0.00289. The third-order valence-electron chi connectivity index (χ3n) is 8.88. The number of furan rings is 2. The number of fused-ring (bicyclic) bond motifs is 6. The van der Waals surface area contributed by atoms with Gasteiger partial charge in [-0.3, -0.25) is 0 Å². The Hall–Kier alpha value is -6.85. The van der Waals surface area contributed by atoms with Crippen molar-refractivity contribution in [1.82, 2.24) is 15.0 Å². The van der Waals surface area contributed by atoms with Crippen LogP contribution >= 0.6 is 0 Å². The van der Waals surface area contributed by atoms with Crippen molar-refractivity contribution in [2.75, 3.05) is 0 Å². The monoisotopic (exact) mass is 647 g/mol. The van der Waals surface area contributed by atoms with E-state index >= 15 is 0 Å². The third-order valence-corrected chi connectivity index (χ3v) is 8.88. The van der Waals surface area contributed by atoms with Gasteiger partial charge in [0.15, 0.2) is 17.5 Å². The molecule has 0 aliphatic carbocycles. The molecule has 3 aromatic heterocycles. The molecule has 0 atom stereocenters. The van der Waals surface area contributed by atoms with E-state index in [1.165, 1.54) is 0 Å². The molecular formula is C45H27N3O2. The summed E-state index contributed by atoms with van der Waals surface area (Å²) in [4.78, 5) is 14.6. The van der Waals surface area contributed by atoms with Crippen LogP contribution in [0.3, 0.4) is 0 Å². The summed E-state index contributed by atoms with van der Waals surface area (Å²) in [6, 6.07) is 38.4. The number of rotatable bonds is 5. The van der Waals surface area contributed by atoms with Gasteiger partial charge in [0, 0.05) is 38.2 Å². The summed E-state index contributed by atoms with van der Waals surface area (Å²) >= 11 is 0. The molecule has 0 unspecified atom stereocenters. The maximum atomic E-state index is 9.49. The van der Waals surface area contributed by atoms with Crippen LogP contribution in [0.4, 0.5) is 0 Å². The van der Waals surface area contributed by atoms with E-state index in [0.717, 1.165) is 27.5 Å². The Labute approximate surface area is 295 Å². The van der Waals surface area contributed by atoms with Crippen molar-refractivity contribution in [2.24, 2.45) is 0 Å². The molecule has 3 heterocycles. The van der Waals surface area contributed by atoms with Gasteiger partial charge in [0.1, 0.15) is 22.3 Å². The van der Waals surface area contributed by atoms with Gasteiger partial charge < -0.3 is 8.83 Å². The van der Waals surface area contributed by atoms with Crippen molar-refractivity contribution in [3.05, 3.63) is 164 Å². The molecule has 0 spiro atoms. The first-order chi connectivity index (χ1) is 27.3. The first-order valence-electron chi connectivity index (χ1n) is 19.1. The van der Waals surface area contributed by atoms with E-state index in [-0.39, 0.29) is 75.4 Å². The Morgan fingerprint density at radius 3 is 1.80 bits per heavy atom. The Balaban J connectivity index is 1.22. The number of hydrogen-bond acceptors (Lipinski definition) is 5. The van der Waals surface area contributed by atoms with Gasteiger partial charge in [-0.2, -0.15) is 0 Å². The van der Waals surface area contributed by atoms with Crippen LogP contribution in [0.5, 0.6) is 0 Å². The second-order valence-electron chi connectivity index (χ2n) is 11.9. The van der Waals surface area contributed by atoms with E-state index < -0.39 is 0 Å². The standard InChI is InChI=1S/C45H27N3O2/c1-3-10-28(11-4-1)29-18-20-31(21-19-29)43-46-44(32-23-25-39-37(26-32)35-14-7-8-16-38(35)49-39)48-45(47-43)33-22-24-36-41(27-33)50-40-17-9-15-34(42(36)40)30-12-5-2-6-13-30/h1-27H/i9D,15D,17D,22D,24D,27D. The van der Waals surface area contributed by atoms with Crippen molar-refractivity contribution in [2.45, 2.75) is 0 Å². The lowest BCUT2D eigenvalue weighted by molar-refractivity contribution is 0.668. The van der Waals surface area contributed by atoms with E-state index in [1.54, 1.807) is 24.3 Å².